The molecule has 0 amide bonds. The number of hydrogen-bond donors (Lipinski definition) is 1. The van der Waals surface area contributed by atoms with Gasteiger partial charge in [-0.1, -0.05) is 15.9 Å². The molecule has 2 aromatic rings. The van der Waals surface area contributed by atoms with Gasteiger partial charge in [0.25, 0.3) is 0 Å². The third kappa shape index (κ3) is 3.38. The number of benzene rings is 1. The third-order valence-electron chi connectivity index (χ3n) is 2.09. The Morgan fingerprint density at radius 1 is 1.35 bits per heavy atom. The lowest BCUT2D eigenvalue weighted by molar-refractivity contribution is 0.612. The number of nitrogens with one attached hydrogen (secondary N) is 1. The summed E-state index contributed by atoms with van der Waals surface area (Å²) in [6.45, 7) is 0.332. The molecule has 0 saturated carbocycles. The van der Waals surface area contributed by atoms with Crippen LogP contribution in [0.2, 0.25) is 5.28 Å². The summed E-state index contributed by atoms with van der Waals surface area (Å²) in [6, 6.07) is 6.45. The van der Waals surface area contributed by atoms with Crippen LogP contribution in [0.15, 0.2) is 34.9 Å². The topological polar surface area (TPSA) is 37.8 Å². The van der Waals surface area contributed by atoms with Crippen LogP contribution >= 0.6 is 27.5 Å². The van der Waals surface area contributed by atoms with E-state index >= 15 is 0 Å². The van der Waals surface area contributed by atoms with E-state index < -0.39 is 0 Å². The Labute approximate surface area is 111 Å². The molecule has 0 saturated heterocycles. The molecule has 6 heteroatoms. The first-order valence-corrected chi connectivity index (χ1v) is 5.98. The zero-order chi connectivity index (χ0) is 12.3. The van der Waals surface area contributed by atoms with Crippen LogP contribution in [0.1, 0.15) is 5.56 Å². The van der Waals surface area contributed by atoms with Gasteiger partial charge >= 0.3 is 0 Å². The minimum atomic E-state index is -0.263. The van der Waals surface area contributed by atoms with Gasteiger partial charge in [-0.15, -0.1) is 0 Å². The smallest absolute Gasteiger partial charge is 0.224 e. The maximum absolute atomic E-state index is 13.4. The van der Waals surface area contributed by atoms with Gasteiger partial charge in [0.15, 0.2) is 0 Å². The van der Waals surface area contributed by atoms with E-state index in [1.807, 2.05) is 0 Å². The van der Waals surface area contributed by atoms with E-state index in [0.29, 0.717) is 17.9 Å². The second-order valence-electron chi connectivity index (χ2n) is 3.30. The molecule has 1 heterocycles. The molecular weight excluding hydrogens is 308 g/mol. The molecule has 0 aliphatic rings. The first-order valence-electron chi connectivity index (χ1n) is 4.81. The van der Waals surface area contributed by atoms with Crippen molar-refractivity contribution < 1.29 is 4.39 Å². The largest absolute Gasteiger partial charge is 0.366 e. The Morgan fingerprint density at radius 2 is 2.18 bits per heavy atom. The van der Waals surface area contributed by atoms with E-state index in [1.165, 1.54) is 12.3 Å². The zero-order valence-electron chi connectivity index (χ0n) is 8.62. The summed E-state index contributed by atoms with van der Waals surface area (Å²) in [7, 11) is 0. The predicted molar refractivity (Wildman–Crippen MR) is 68.5 cm³/mol. The van der Waals surface area contributed by atoms with Crippen molar-refractivity contribution in [3.05, 3.63) is 51.6 Å². The quantitative estimate of drug-likeness (QED) is 0.879. The van der Waals surface area contributed by atoms with Crippen LogP contribution in [0.25, 0.3) is 0 Å². The van der Waals surface area contributed by atoms with Crippen molar-refractivity contribution in [1.82, 2.24) is 9.97 Å². The summed E-state index contributed by atoms with van der Waals surface area (Å²) in [5.74, 6) is 0.297. The highest BCUT2D eigenvalue weighted by Crippen LogP contribution is 2.16. The molecule has 0 bridgehead atoms. The van der Waals surface area contributed by atoms with Crippen molar-refractivity contribution >= 4 is 33.3 Å². The van der Waals surface area contributed by atoms with Gasteiger partial charge in [0, 0.05) is 22.8 Å². The number of hydrogen-bond acceptors (Lipinski definition) is 3. The van der Waals surface area contributed by atoms with Gasteiger partial charge in [-0.2, -0.15) is 0 Å². The molecule has 88 valence electrons. The van der Waals surface area contributed by atoms with Crippen molar-refractivity contribution in [2.45, 2.75) is 6.54 Å². The van der Waals surface area contributed by atoms with Crippen molar-refractivity contribution in [2.75, 3.05) is 5.32 Å². The van der Waals surface area contributed by atoms with Gasteiger partial charge in [-0.3, -0.25) is 0 Å². The number of aromatic nitrogens is 2. The highest BCUT2D eigenvalue weighted by Gasteiger charge is 2.03. The van der Waals surface area contributed by atoms with Gasteiger partial charge in [0.05, 0.1) is 0 Å². The summed E-state index contributed by atoms with van der Waals surface area (Å²) >= 11 is 8.93. The molecule has 0 unspecified atom stereocenters. The number of nitrogens with zero attached hydrogens (tertiary/aromatic N) is 2. The Hall–Kier alpha value is -1.20. The first-order chi connectivity index (χ1) is 8.15. The van der Waals surface area contributed by atoms with Crippen LogP contribution in [0.5, 0.6) is 0 Å². The van der Waals surface area contributed by atoms with E-state index in [9.17, 15) is 4.39 Å². The fraction of sp³-hybridized carbons (Fsp3) is 0.0909. The molecule has 0 aliphatic carbocycles. The summed E-state index contributed by atoms with van der Waals surface area (Å²) in [5, 5.41) is 3.13. The van der Waals surface area contributed by atoms with Gasteiger partial charge in [0.2, 0.25) is 5.28 Å². The normalized spacial score (nSPS) is 10.3. The van der Waals surface area contributed by atoms with Gasteiger partial charge in [-0.05, 0) is 35.9 Å². The molecule has 0 radical (unpaired) electrons. The molecule has 0 aliphatic heterocycles. The van der Waals surface area contributed by atoms with Crippen molar-refractivity contribution in [3.8, 4) is 0 Å². The molecular formula is C11H8BrClFN3. The van der Waals surface area contributed by atoms with E-state index in [-0.39, 0.29) is 11.1 Å². The molecule has 0 fully saturated rings. The molecule has 2 rings (SSSR count). The standard InChI is InChI=1S/C11H8BrClFN3/c12-8-1-2-9(14)7(5-8)6-16-10-3-4-15-11(13)17-10/h1-5H,6H2,(H,15,16,17). The second-order valence-corrected chi connectivity index (χ2v) is 4.55. The maximum atomic E-state index is 13.4. The highest BCUT2D eigenvalue weighted by molar-refractivity contribution is 9.10. The summed E-state index contributed by atoms with van der Waals surface area (Å²) in [4.78, 5) is 7.71. The van der Waals surface area contributed by atoms with Gasteiger partial charge < -0.3 is 5.32 Å². The fourth-order valence-electron chi connectivity index (χ4n) is 1.30. The fourth-order valence-corrected chi connectivity index (χ4v) is 1.85. The Bertz CT molecular complexity index is 536. The van der Waals surface area contributed by atoms with Crippen LogP contribution in [-0.2, 0) is 6.54 Å². The van der Waals surface area contributed by atoms with Gasteiger partial charge in [-0.25, -0.2) is 14.4 Å². The minimum Gasteiger partial charge on any atom is -0.366 e. The van der Waals surface area contributed by atoms with Crippen LogP contribution < -0.4 is 5.32 Å². The minimum absolute atomic E-state index is 0.157. The van der Waals surface area contributed by atoms with Crippen LogP contribution in [0, 0.1) is 5.82 Å². The van der Waals surface area contributed by atoms with E-state index in [0.717, 1.165) is 4.47 Å². The molecule has 17 heavy (non-hydrogen) atoms. The predicted octanol–water partition coefficient (Wildman–Crippen LogP) is 3.64. The van der Waals surface area contributed by atoms with Gasteiger partial charge in [0.1, 0.15) is 11.6 Å². The number of rotatable bonds is 3. The van der Waals surface area contributed by atoms with E-state index in [1.54, 1.807) is 18.2 Å². The summed E-state index contributed by atoms with van der Waals surface area (Å²) in [6.07, 6.45) is 1.54. The number of halogens is 3. The molecule has 1 aromatic carbocycles. The van der Waals surface area contributed by atoms with E-state index in [4.69, 9.17) is 11.6 Å². The highest BCUT2D eigenvalue weighted by atomic mass is 79.9. The van der Waals surface area contributed by atoms with Crippen LogP contribution in [0.4, 0.5) is 10.2 Å². The Kier molecular flexibility index (Phi) is 3.91. The SMILES string of the molecule is Fc1ccc(Br)cc1CNc1ccnc(Cl)n1. The van der Waals surface area contributed by atoms with Crippen LogP contribution in [-0.4, -0.2) is 9.97 Å². The average Bonchev–Trinajstić information content (AvgIpc) is 2.30. The molecule has 1 N–H and O–H groups in total. The van der Waals surface area contributed by atoms with Crippen molar-refractivity contribution in [2.24, 2.45) is 0 Å². The molecule has 0 atom stereocenters. The average molecular weight is 317 g/mol. The van der Waals surface area contributed by atoms with E-state index in [2.05, 4.69) is 31.2 Å². The molecule has 1 aromatic heterocycles. The van der Waals surface area contributed by atoms with Crippen molar-refractivity contribution in [1.29, 1.82) is 0 Å². The molecule has 3 nitrogen and oxygen atoms in total. The Morgan fingerprint density at radius 3 is 2.94 bits per heavy atom. The van der Waals surface area contributed by atoms with Crippen LogP contribution in [0.3, 0.4) is 0 Å². The summed E-state index contributed by atoms with van der Waals surface area (Å²) < 4.78 is 14.3. The maximum Gasteiger partial charge on any atom is 0.224 e. The lowest BCUT2D eigenvalue weighted by Gasteiger charge is -2.07. The number of anilines is 1. The Balaban J connectivity index is 2.09. The monoisotopic (exact) mass is 315 g/mol. The lowest BCUT2D eigenvalue weighted by atomic mass is 10.2. The second kappa shape index (κ2) is 5.42. The molecule has 0 spiro atoms. The lowest BCUT2D eigenvalue weighted by Crippen LogP contribution is -2.03. The summed E-state index contributed by atoms with van der Waals surface area (Å²) in [5.41, 5.74) is 0.550. The first kappa shape index (κ1) is 12.3. The zero-order valence-corrected chi connectivity index (χ0v) is 11.0. The van der Waals surface area contributed by atoms with Crippen molar-refractivity contribution in [3.63, 3.8) is 0 Å². The third-order valence-corrected chi connectivity index (χ3v) is 2.77.